The van der Waals surface area contributed by atoms with E-state index >= 15 is 0 Å². The van der Waals surface area contributed by atoms with Crippen LogP contribution in [0, 0.1) is 0 Å². The molecule has 0 aliphatic rings. The van der Waals surface area contributed by atoms with Gasteiger partial charge in [-0.25, -0.2) is 0 Å². The monoisotopic (exact) mass is 264 g/mol. The Bertz CT molecular complexity index is 470. The molecular formula is C14H17ClN2O. The van der Waals surface area contributed by atoms with Crippen LogP contribution >= 0.6 is 11.6 Å². The van der Waals surface area contributed by atoms with Gasteiger partial charge in [-0.15, -0.1) is 0 Å². The van der Waals surface area contributed by atoms with Crippen molar-refractivity contribution < 1.29 is 4.74 Å². The lowest BCUT2D eigenvalue weighted by atomic mass is 10.0. The smallest absolute Gasteiger partial charge is 0.120 e. The van der Waals surface area contributed by atoms with Crippen LogP contribution in [0.1, 0.15) is 18.0 Å². The fraction of sp³-hybridized carbons (Fsp3) is 0.286. The second-order valence-electron chi connectivity index (χ2n) is 4.17. The first-order valence-electron chi connectivity index (χ1n) is 6.01. The normalized spacial score (nSPS) is 12.3. The highest BCUT2D eigenvalue weighted by atomic mass is 35.5. The van der Waals surface area contributed by atoms with E-state index in [2.05, 4.69) is 11.1 Å². The van der Waals surface area contributed by atoms with Crippen LogP contribution in [0.25, 0.3) is 0 Å². The van der Waals surface area contributed by atoms with Crippen LogP contribution in [0.4, 0.5) is 0 Å². The second-order valence-corrected chi connectivity index (χ2v) is 4.60. The number of hydrogen-bond donors (Lipinski definition) is 2. The van der Waals surface area contributed by atoms with Crippen molar-refractivity contribution >= 4 is 11.6 Å². The van der Waals surface area contributed by atoms with Gasteiger partial charge < -0.3 is 15.5 Å². The molecule has 0 saturated heterocycles. The van der Waals surface area contributed by atoms with Crippen molar-refractivity contribution in [3.05, 3.63) is 53.3 Å². The fourth-order valence-corrected chi connectivity index (χ4v) is 2.06. The molecule has 0 fully saturated rings. The van der Waals surface area contributed by atoms with Crippen molar-refractivity contribution in [1.82, 2.24) is 4.98 Å². The van der Waals surface area contributed by atoms with Gasteiger partial charge in [-0.2, -0.15) is 0 Å². The Morgan fingerprint density at radius 2 is 2.17 bits per heavy atom. The summed E-state index contributed by atoms with van der Waals surface area (Å²) >= 11 is 5.91. The Balaban J connectivity index is 1.98. The first-order chi connectivity index (χ1) is 8.79. The van der Waals surface area contributed by atoms with Gasteiger partial charge in [0.05, 0.1) is 6.61 Å². The number of ether oxygens (including phenoxy) is 1. The second kappa shape index (κ2) is 6.47. The van der Waals surface area contributed by atoms with E-state index < -0.39 is 0 Å². The van der Waals surface area contributed by atoms with Crippen LogP contribution in [0.3, 0.4) is 0 Å². The van der Waals surface area contributed by atoms with E-state index in [1.807, 2.05) is 36.5 Å². The molecule has 0 bridgehead atoms. The van der Waals surface area contributed by atoms with Crippen molar-refractivity contribution in [2.75, 3.05) is 13.2 Å². The quantitative estimate of drug-likeness (QED) is 0.842. The van der Waals surface area contributed by atoms with E-state index in [4.69, 9.17) is 22.1 Å². The third-order valence-corrected chi connectivity index (χ3v) is 3.06. The fourth-order valence-electron chi connectivity index (χ4n) is 1.88. The van der Waals surface area contributed by atoms with E-state index in [1.165, 1.54) is 0 Å². The van der Waals surface area contributed by atoms with Crippen molar-refractivity contribution in [2.45, 2.75) is 12.3 Å². The molecule has 96 valence electrons. The van der Waals surface area contributed by atoms with Gasteiger partial charge in [0.2, 0.25) is 0 Å². The van der Waals surface area contributed by atoms with Crippen molar-refractivity contribution in [3.8, 4) is 5.75 Å². The molecule has 1 aromatic heterocycles. The molecule has 18 heavy (non-hydrogen) atoms. The van der Waals surface area contributed by atoms with E-state index in [-0.39, 0.29) is 5.92 Å². The third kappa shape index (κ3) is 3.52. The number of hydrogen-bond acceptors (Lipinski definition) is 2. The Hall–Kier alpha value is -1.45. The molecule has 4 heteroatoms. The lowest BCUT2D eigenvalue weighted by molar-refractivity contribution is 0.281. The number of aromatic amines is 1. The van der Waals surface area contributed by atoms with Crippen LogP contribution < -0.4 is 10.5 Å². The molecule has 3 N–H and O–H groups in total. The average Bonchev–Trinajstić information content (AvgIpc) is 2.88. The van der Waals surface area contributed by atoms with Crippen LogP contribution in [0.15, 0.2) is 42.6 Å². The number of nitrogens with one attached hydrogen (secondary N) is 1. The summed E-state index contributed by atoms with van der Waals surface area (Å²) in [5, 5.41) is 0.683. The van der Waals surface area contributed by atoms with Gasteiger partial charge in [0, 0.05) is 22.8 Å². The molecule has 3 nitrogen and oxygen atoms in total. The Labute approximate surface area is 112 Å². The maximum atomic E-state index is 5.91. The number of aromatic nitrogens is 1. The maximum absolute atomic E-state index is 5.91. The SMILES string of the molecule is NCCC(COc1cccc(Cl)c1)c1ccc[nH]1. The molecule has 0 spiro atoms. The summed E-state index contributed by atoms with van der Waals surface area (Å²) in [7, 11) is 0. The third-order valence-electron chi connectivity index (χ3n) is 2.82. The van der Waals surface area contributed by atoms with Gasteiger partial charge in [0.25, 0.3) is 0 Å². The van der Waals surface area contributed by atoms with E-state index in [0.29, 0.717) is 18.2 Å². The number of H-pyrrole nitrogens is 1. The van der Waals surface area contributed by atoms with Gasteiger partial charge in [0.15, 0.2) is 0 Å². The van der Waals surface area contributed by atoms with E-state index in [9.17, 15) is 0 Å². The Morgan fingerprint density at radius 1 is 1.28 bits per heavy atom. The predicted molar refractivity (Wildman–Crippen MR) is 74.2 cm³/mol. The largest absolute Gasteiger partial charge is 0.493 e. The van der Waals surface area contributed by atoms with Gasteiger partial charge in [-0.05, 0) is 43.3 Å². The van der Waals surface area contributed by atoms with E-state index in [1.54, 1.807) is 0 Å². The van der Waals surface area contributed by atoms with Gasteiger partial charge in [-0.3, -0.25) is 0 Å². The average molecular weight is 265 g/mol. The molecule has 0 saturated carbocycles. The van der Waals surface area contributed by atoms with Gasteiger partial charge in [0.1, 0.15) is 5.75 Å². The number of halogens is 1. The molecule has 2 aromatic rings. The summed E-state index contributed by atoms with van der Waals surface area (Å²) < 4.78 is 5.77. The zero-order valence-electron chi connectivity index (χ0n) is 10.1. The minimum Gasteiger partial charge on any atom is -0.493 e. The lowest BCUT2D eigenvalue weighted by Gasteiger charge is -2.16. The first-order valence-corrected chi connectivity index (χ1v) is 6.39. The van der Waals surface area contributed by atoms with Gasteiger partial charge in [-0.1, -0.05) is 17.7 Å². The molecule has 0 radical (unpaired) electrons. The van der Waals surface area contributed by atoms with Crippen LogP contribution in [-0.4, -0.2) is 18.1 Å². The minimum absolute atomic E-state index is 0.281. The molecule has 1 aromatic carbocycles. The van der Waals surface area contributed by atoms with Crippen molar-refractivity contribution in [1.29, 1.82) is 0 Å². The minimum atomic E-state index is 0.281. The number of rotatable bonds is 6. The molecule has 2 rings (SSSR count). The Kier molecular flexibility index (Phi) is 4.67. The summed E-state index contributed by atoms with van der Waals surface area (Å²) in [4.78, 5) is 3.21. The molecule has 0 amide bonds. The predicted octanol–water partition coefficient (Wildman–Crippen LogP) is 3.18. The zero-order chi connectivity index (χ0) is 12.8. The summed E-state index contributed by atoms with van der Waals surface area (Å²) in [5.41, 5.74) is 6.79. The summed E-state index contributed by atoms with van der Waals surface area (Å²) in [6.45, 7) is 1.24. The molecular weight excluding hydrogens is 248 g/mol. The highest BCUT2D eigenvalue weighted by Crippen LogP contribution is 2.21. The number of nitrogens with two attached hydrogens (primary N) is 1. The topological polar surface area (TPSA) is 51.0 Å². The molecule has 0 aliphatic carbocycles. The van der Waals surface area contributed by atoms with E-state index in [0.717, 1.165) is 17.9 Å². The first kappa shape index (κ1) is 13.0. The standard InChI is InChI=1S/C14H17ClN2O/c15-12-3-1-4-13(9-12)18-10-11(6-7-16)14-5-2-8-17-14/h1-5,8-9,11,17H,6-7,10,16H2. The van der Waals surface area contributed by atoms with Crippen LogP contribution in [0.2, 0.25) is 5.02 Å². The highest BCUT2D eigenvalue weighted by molar-refractivity contribution is 6.30. The summed E-state index contributed by atoms with van der Waals surface area (Å²) in [5.74, 6) is 1.07. The molecule has 0 aliphatic heterocycles. The molecule has 1 heterocycles. The maximum Gasteiger partial charge on any atom is 0.120 e. The molecule has 1 atom stereocenters. The summed E-state index contributed by atoms with van der Waals surface area (Å²) in [6, 6.07) is 11.5. The van der Waals surface area contributed by atoms with Gasteiger partial charge >= 0.3 is 0 Å². The molecule has 1 unspecified atom stereocenters. The van der Waals surface area contributed by atoms with Crippen molar-refractivity contribution in [2.24, 2.45) is 5.73 Å². The van der Waals surface area contributed by atoms with Crippen LogP contribution in [-0.2, 0) is 0 Å². The lowest BCUT2D eigenvalue weighted by Crippen LogP contribution is -2.15. The van der Waals surface area contributed by atoms with Crippen LogP contribution in [0.5, 0.6) is 5.75 Å². The Morgan fingerprint density at radius 3 is 2.83 bits per heavy atom. The highest BCUT2D eigenvalue weighted by Gasteiger charge is 2.12. The summed E-state index contributed by atoms with van der Waals surface area (Å²) in [6.07, 6.45) is 2.80. The van der Waals surface area contributed by atoms with Crippen molar-refractivity contribution in [3.63, 3.8) is 0 Å². The number of benzene rings is 1. The zero-order valence-corrected chi connectivity index (χ0v) is 10.9.